The average molecular weight is 418 g/mol. The number of hydrogen-bond donors (Lipinski definition) is 1. The summed E-state index contributed by atoms with van der Waals surface area (Å²) in [6, 6.07) is 6.74. The summed E-state index contributed by atoms with van der Waals surface area (Å²) in [6.45, 7) is 11.7. The second kappa shape index (κ2) is 8.52. The third-order valence-corrected chi connectivity index (χ3v) is 6.46. The summed E-state index contributed by atoms with van der Waals surface area (Å²) in [5.41, 5.74) is 0.368. The molecule has 158 valence electrons. The topological polar surface area (TPSA) is 45.2 Å². The minimum atomic E-state index is -0.314. The Kier molecular flexibility index (Phi) is 6.44. The second-order valence-corrected chi connectivity index (χ2v) is 10.3. The first-order chi connectivity index (χ1) is 13.6. The van der Waals surface area contributed by atoms with Gasteiger partial charge in [-0.25, -0.2) is 9.37 Å². The van der Waals surface area contributed by atoms with Crippen molar-refractivity contribution in [3.8, 4) is 10.6 Å². The molecule has 0 saturated carbocycles. The Balaban J connectivity index is 1.88. The van der Waals surface area contributed by atoms with Crippen molar-refractivity contribution in [1.82, 2.24) is 15.2 Å². The van der Waals surface area contributed by atoms with E-state index in [9.17, 15) is 9.18 Å². The molecule has 3 rings (SSSR count). The first kappa shape index (κ1) is 21.9. The molecule has 0 spiro atoms. The van der Waals surface area contributed by atoms with Gasteiger partial charge in [0, 0.05) is 29.2 Å². The number of unbranched alkanes of at least 4 members (excludes halogenated alkanes) is 1. The van der Waals surface area contributed by atoms with Crippen molar-refractivity contribution in [3.63, 3.8) is 0 Å². The van der Waals surface area contributed by atoms with Gasteiger partial charge in [0.05, 0.1) is 6.20 Å². The molecule has 29 heavy (non-hydrogen) atoms. The van der Waals surface area contributed by atoms with Crippen LogP contribution >= 0.6 is 11.3 Å². The molecule has 0 atom stereocenters. The van der Waals surface area contributed by atoms with Crippen LogP contribution in [0.5, 0.6) is 0 Å². The van der Waals surface area contributed by atoms with Gasteiger partial charge in [-0.15, -0.1) is 11.3 Å². The van der Waals surface area contributed by atoms with Crippen LogP contribution in [0.25, 0.3) is 10.6 Å². The predicted octanol–water partition coefficient (Wildman–Crippen LogP) is 5.50. The van der Waals surface area contributed by atoms with Gasteiger partial charge in [-0.2, -0.15) is 0 Å². The van der Waals surface area contributed by atoms with Crippen LogP contribution in [-0.2, 0) is 0 Å². The molecule has 1 aliphatic heterocycles. The summed E-state index contributed by atoms with van der Waals surface area (Å²) in [7, 11) is 0. The van der Waals surface area contributed by atoms with Gasteiger partial charge in [-0.1, -0.05) is 25.5 Å². The van der Waals surface area contributed by atoms with Crippen LogP contribution < -0.4 is 5.32 Å². The highest BCUT2D eigenvalue weighted by Crippen LogP contribution is 2.34. The van der Waals surface area contributed by atoms with E-state index in [1.807, 2.05) is 4.90 Å². The van der Waals surface area contributed by atoms with Crippen LogP contribution in [-0.4, -0.2) is 39.5 Å². The zero-order valence-electron chi connectivity index (χ0n) is 18.1. The number of rotatable bonds is 6. The van der Waals surface area contributed by atoms with Crippen LogP contribution in [0, 0.1) is 5.82 Å². The minimum Gasteiger partial charge on any atom is -0.335 e. The molecule has 0 unspecified atom stereocenters. The maximum Gasteiger partial charge on any atom is 0.265 e. The molecule has 0 radical (unpaired) electrons. The Morgan fingerprint density at radius 1 is 1.24 bits per heavy atom. The normalized spacial score (nSPS) is 18.6. The Labute approximate surface area is 177 Å². The van der Waals surface area contributed by atoms with Gasteiger partial charge < -0.3 is 10.2 Å². The van der Waals surface area contributed by atoms with Crippen molar-refractivity contribution < 1.29 is 9.18 Å². The highest BCUT2D eigenvalue weighted by molar-refractivity contribution is 7.16. The lowest BCUT2D eigenvalue weighted by Crippen LogP contribution is -2.62. The van der Waals surface area contributed by atoms with E-state index in [1.54, 1.807) is 24.4 Å². The summed E-state index contributed by atoms with van der Waals surface area (Å²) in [4.78, 5) is 20.4. The third kappa shape index (κ3) is 5.23. The van der Waals surface area contributed by atoms with E-state index in [0.717, 1.165) is 32.2 Å². The first-order valence-corrected chi connectivity index (χ1v) is 11.2. The molecule has 1 aliphatic rings. The number of piperidine rings is 1. The molecule has 1 N–H and O–H groups in total. The number of halogens is 1. The summed E-state index contributed by atoms with van der Waals surface area (Å²) >= 11 is 1.28. The molecule has 0 bridgehead atoms. The highest BCUT2D eigenvalue weighted by atomic mass is 32.1. The van der Waals surface area contributed by atoms with E-state index >= 15 is 0 Å². The van der Waals surface area contributed by atoms with Crippen LogP contribution in [0.1, 0.15) is 70.0 Å². The molecular formula is C23H32FN3OS. The third-order valence-electron chi connectivity index (χ3n) is 5.44. The Morgan fingerprint density at radius 3 is 2.52 bits per heavy atom. The fraction of sp³-hybridized carbons (Fsp3) is 0.565. The second-order valence-electron chi connectivity index (χ2n) is 9.32. The number of benzene rings is 1. The molecule has 1 saturated heterocycles. The van der Waals surface area contributed by atoms with Crippen molar-refractivity contribution in [2.75, 3.05) is 6.54 Å². The lowest BCUT2D eigenvalue weighted by atomic mass is 9.79. The van der Waals surface area contributed by atoms with Crippen LogP contribution in [0.4, 0.5) is 4.39 Å². The molecule has 2 heterocycles. The number of nitrogens with one attached hydrogen (secondary N) is 1. The predicted molar refractivity (Wildman–Crippen MR) is 118 cm³/mol. The number of thiazole rings is 1. The Bertz CT molecular complexity index is 845. The van der Waals surface area contributed by atoms with Gasteiger partial charge in [-0.05, 0) is 59.1 Å². The fourth-order valence-corrected chi connectivity index (χ4v) is 5.44. The first-order valence-electron chi connectivity index (χ1n) is 10.4. The monoisotopic (exact) mass is 417 g/mol. The van der Waals surface area contributed by atoms with Crippen molar-refractivity contribution in [3.05, 3.63) is 41.2 Å². The molecule has 1 fully saturated rings. The SMILES string of the molecule is CCCCN(C(=O)c1cnc(-c2ccccc2F)s1)C1CC(C)(C)NC(C)(C)C1. The average Bonchev–Trinajstić information content (AvgIpc) is 3.09. The van der Waals surface area contributed by atoms with Gasteiger partial charge in [0.15, 0.2) is 0 Å². The number of nitrogens with zero attached hydrogens (tertiary/aromatic N) is 2. The van der Waals surface area contributed by atoms with Gasteiger partial charge in [0.1, 0.15) is 15.7 Å². The van der Waals surface area contributed by atoms with Gasteiger partial charge in [0.2, 0.25) is 0 Å². The van der Waals surface area contributed by atoms with E-state index in [2.05, 4.69) is 44.9 Å². The molecule has 0 aliphatic carbocycles. The van der Waals surface area contributed by atoms with Crippen LogP contribution in [0.2, 0.25) is 0 Å². The largest absolute Gasteiger partial charge is 0.335 e. The van der Waals surface area contributed by atoms with E-state index in [0.29, 0.717) is 15.4 Å². The van der Waals surface area contributed by atoms with Crippen LogP contribution in [0.15, 0.2) is 30.5 Å². The van der Waals surface area contributed by atoms with Crippen molar-refractivity contribution >= 4 is 17.2 Å². The fourth-order valence-electron chi connectivity index (χ4n) is 4.54. The van der Waals surface area contributed by atoms with Crippen molar-refractivity contribution in [2.24, 2.45) is 0 Å². The molecule has 1 aromatic heterocycles. The number of carbonyl (C=O) groups excluding carboxylic acids is 1. The number of amides is 1. The smallest absolute Gasteiger partial charge is 0.265 e. The molecule has 1 aromatic carbocycles. The summed E-state index contributed by atoms with van der Waals surface area (Å²) in [6.07, 6.45) is 5.42. The summed E-state index contributed by atoms with van der Waals surface area (Å²) < 4.78 is 14.1. The van der Waals surface area contributed by atoms with Gasteiger partial charge >= 0.3 is 0 Å². The zero-order chi connectivity index (χ0) is 21.2. The highest BCUT2D eigenvalue weighted by Gasteiger charge is 2.41. The Morgan fingerprint density at radius 2 is 1.90 bits per heavy atom. The number of carbonyl (C=O) groups is 1. The van der Waals surface area contributed by atoms with E-state index in [4.69, 9.17) is 0 Å². The van der Waals surface area contributed by atoms with E-state index in [1.165, 1.54) is 17.4 Å². The summed E-state index contributed by atoms with van der Waals surface area (Å²) in [5.74, 6) is -0.303. The molecular weight excluding hydrogens is 385 g/mol. The molecule has 6 heteroatoms. The lowest BCUT2D eigenvalue weighted by molar-refractivity contribution is 0.0445. The quantitative estimate of drug-likeness (QED) is 0.675. The van der Waals surface area contributed by atoms with Gasteiger partial charge in [-0.3, -0.25) is 4.79 Å². The van der Waals surface area contributed by atoms with E-state index < -0.39 is 0 Å². The number of aromatic nitrogens is 1. The summed E-state index contributed by atoms with van der Waals surface area (Å²) in [5, 5.41) is 4.24. The minimum absolute atomic E-state index is 0.0111. The maximum absolute atomic E-state index is 14.1. The van der Waals surface area contributed by atoms with Crippen LogP contribution in [0.3, 0.4) is 0 Å². The number of hydrogen-bond acceptors (Lipinski definition) is 4. The zero-order valence-corrected chi connectivity index (χ0v) is 18.9. The van der Waals surface area contributed by atoms with Gasteiger partial charge in [0.25, 0.3) is 5.91 Å². The van der Waals surface area contributed by atoms with Crippen molar-refractivity contribution in [1.29, 1.82) is 0 Å². The molecule has 2 aromatic rings. The Hall–Kier alpha value is -1.79. The maximum atomic E-state index is 14.1. The van der Waals surface area contributed by atoms with Crippen molar-refractivity contribution in [2.45, 2.75) is 77.4 Å². The standard InChI is InChI=1S/C23H32FN3OS/c1-6-7-12-27(16-13-22(2,3)26-23(4,5)14-16)21(28)19-15-25-20(29-19)17-10-8-9-11-18(17)24/h8-11,15-16,26H,6-7,12-14H2,1-5H3. The molecule has 4 nitrogen and oxygen atoms in total. The lowest BCUT2D eigenvalue weighted by Gasteiger charge is -2.49. The van der Waals surface area contributed by atoms with E-state index in [-0.39, 0.29) is 28.8 Å². The molecule has 1 amide bonds.